The Morgan fingerprint density at radius 3 is 2.48 bits per heavy atom. The van der Waals surface area contributed by atoms with Crippen LogP contribution in [-0.2, 0) is 9.53 Å². The molecule has 9 heteroatoms. The molecule has 0 saturated carbocycles. The van der Waals surface area contributed by atoms with Crippen LogP contribution in [0.4, 0.5) is 5.69 Å². The van der Waals surface area contributed by atoms with E-state index in [1.807, 2.05) is 32.0 Å². The fourth-order valence-corrected chi connectivity index (χ4v) is 3.57. The summed E-state index contributed by atoms with van der Waals surface area (Å²) < 4.78 is 10.8. The number of ether oxygens (including phenoxy) is 2. The standard InChI is InChI=1S/C22H24ClN3O4S/c1-14-9-15(2)11-17(10-14)30-13-20(27)25-22(31)24-19-12-16(3-4-18(19)23)21(28)26-5-7-29-8-6-26/h3-4,9-12H,5-8,13H2,1-2H3,(H2,24,25,27,31). The van der Waals surface area contributed by atoms with E-state index < -0.39 is 5.91 Å². The van der Waals surface area contributed by atoms with Gasteiger partial charge in [-0.3, -0.25) is 14.9 Å². The number of carbonyl (C=O) groups is 2. The predicted molar refractivity (Wildman–Crippen MR) is 124 cm³/mol. The normalized spacial score (nSPS) is 13.5. The molecule has 0 aromatic heterocycles. The lowest BCUT2D eigenvalue weighted by molar-refractivity contribution is -0.121. The molecule has 0 bridgehead atoms. The highest BCUT2D eigenvalue weighted by Gasteiger charge is 2.19. The van der Waals surface area contributed by atoms with Gasteiger partial charge in [0.2, 0.25) is 0 Å². The summed E-state index contributed by atoms with van der Waals surface area (Å²) in [5, 5.41) is 5.86. The van der Waals surface area contributed by atoms with E-state index >= 15 is 0 Å². The molecule has 0 atom stereocenters. The Kier molecular flexibility index (Phi) is 7.84. The number of thiocarbonyl (C=S) groups is 1. The fourth-order valence-electron chi connectivity index (χ4n) is 3.18. The smallest absolute Gasteiger partial charge is 0.264 e. The Morgan fingerprint density at radius 1 is 1.13 bits per heavy atom. The first-order chi connectivity index (χ1) is 14.8. The number of anilines is 1. The lowest BCUT2D eigenvalue weighted by Gasteiger charge is -2.27. The number of nitrogens with zero attached hydrogens (tertiary/aromatic N) is 1. The second kappa shape index (κ2) is 10.6. The third-order valence-electron chi connectivity index (χ3n) is 4.58. The molecule has 1 fully saturated rings. The van der Waals surface area contributed by atoms with Crippen molar-refractivity contribution in [3.05, 3.63) is 58.1 Å². The molecule has 3 rings (SSSR count). The number of hydrogen-bond acceptors (Lipinski definition) is 5. The van der Waals surface area contributed by atoms with Crippen LogP contribution in [-0.4, -0.2) is 54.7 Å². The number of hydrogen-bond donors (Lipinski definition) is 2. The predicted octanol–water partition coefficient (Wildman–Crippen LogP) is 3.32. The zero-order valence-corrected chi connectivity index (χ0v) is 18.9. The average Bonchev–Trinajstić information content (AvgIpc) is 2.73. The molecule has 0 radical (unpaired) electrons. The summed E-state index contributed by atoms with van der Waals surface area (Å²) in [5.74, 6) is 0.0945. The molecule has 0 unspecified atom stereocenters. The summed E-state index contributed by atoms with van der Waals surface area (Å²) in [6, 6.07) is 10.6. The summed E-state index contributed by atoms with van der Waals surface area (Å²) in [4.78, 5) is 26.6. The van der Waals surface area contributed by atoms with Gasteiger partial charge in [0.05, 0.1) is 23.9 Å². The van der Waals surface area contributed by atoms with Gasteiger partial charge in [-0.25, -0.2) is 0 Å². The molecule has 0 spiro atoms. The van der Waals surface area contributed by atoms with Crippen LogP contribution < -0.4 is 15.4 Å². The Balaban J connectivity index is 1.56. The van der Waals surface area contributed by atoms with Crippen molar-refractivity contribution in [2.45, 2.75) is 13.8 Å². The Hall–Kier alpha value is -2.68. The minimum atomic E-state index is -0.409. The molecule has 0 aliphatic carbocycles. The first-order valence-electron chi connectivity index (χ1n) is 9.80. The average molecular weight is 462 g/mol. The minimum absolute atomic E-state index is 0.0619. The van der Waals surface area contributed by atoms with E-state index in [-0.39, 0.29) is 17.6 Å². The fraction of sp³-hybridized carbons (Fsp3) is 0.318. The third-order valence-corrected chi connectivity index (χ3v) is 5.11. The Morgan fingerprint density at radius 2 is 1.81 bits per heavy atom. The highest BCUT2D eigenvalue weighted by Crippen LogP contribution is 2.24. The van der Waals surface area contributed by atoms with Gasteiger partial charge in [-0.1, -0.05) is 17.7 Å². The van der Waals surface area contributed by atoms with Crippen LogP contribution in [0.15, 0.2) is 36.4 Å². The molecular formula is C22H24ClN3O4S. The molecule has 164 valence electrons. The summed E-state index contributed by atoms with van der Waals surface area (Å²) in [5.41, 5.74) is 3.00. The highest BCUT2D eigenvalue weighted by atomic mass is 35.5. The Bertz CT molecular complexity index is 972. The lowest BCUT2D eigenvalue weighted by atomic mass is 10.1. The summed E-state index contributed by atoms with van der Waals surface area (Å²) in [7, 11) is 0. The monoisotopic (exact) mass is 461 g/mol. The maximum absolute atomic E-state index is 12.7. The highest BCUT2D eigenvalue weighted by molar-refractivity contribution is 7.80. The van der Waals surface area contributed by atoms with Gasteiger partial charge in [0, 0.05) is 18.7 Å². The number of morpholine rings is 1. The lowest BCUT2D eigenvalue weighted by Crippen LogP contribution is -2.40. The van der Waals surface area contributed by atoms with Gasteiger partial charge in [-0.05, 0) is 67.5 Å². The van der Waals surface area contributed by atoms with Crippen molar-refractivity contribution in [2.24, 2.45) is 0 Å². The van der Waals surface area contributed by atoms with Crippen molar-refractivity contribution in [1.82, 2.24) is 10.2 Å². The molecule has 31 heavy (non-hydrogen) atoms. The van der Waals surface area contributed by atoms with Crippen LogP contribution in [0.2, 0.25) is 5.02 Å². The molecule has 2 aromatic rings. The molecule has 1 aliphatic rings. The van der Waals surface area contributed by atoms with Gasteiger partial charge >= 0.3 is 0 Å². The summed E-state index contributed by atoms with van der Waals surface area (Å²) in [6.45, 7) is 5.85. The summed E-state index contributed by atoms with van der Waals surface area (Å²) >= 11 is 11.4. The molecule has 2 N–H and O–H groups in total. The SMILES string of the molecule is Cc1cc(C)cc(OCC(=O)NC(=S)Nc2cc(C(=O)N3CCOCC3)ccc2Cl)c1. The first-order valence-corrected chi connectivity index (χ1v) is 10.6. The topological polar surface area (TPSA) is 79.9 Å². The quantitative estimate of drug-likeness (QED) is 0.665. The molecule has 1 saturated heterocycles. The van der Waals surface area contributed by atoms with Crippen LogP contribution >= 0.6 is 23.8 Å². The van der Waals surface area contributed by atoms with Gasteiger partial charge in [-0.15, -0.1) is 0 Å². The van der Waals surface area contributed by atoms with E-state index in [9.17, 15) is 9.59 Å². The van der Waals surface area contributed by atoms with Crippen molar-refractivity contribution < 1.29 is 19.1 Å². The maximum atomic E-state index is 12.7. The number of carbonyl (C=O) groups excluding carboxylic acids is 2. The first kappa shape index (κ1) is 23.0. The van der Waals surface area contributed by atoms with Gasteiger partial charge in [0.1, 0.15) is 5.75 Å². The van der Waals surface area contributed by atoms with Crippen molar-refractivity contribution in [3.8, 4) is 5.75 Å². The number of amides is 2. The van der Waals surface area contributed by atoms with E-state index in [0.29, 0.717) is 48.3 Å². The van der Waals surface area contributed by atoms with Gasteiger partial charge in [-0.2, -0.15) is 0 Å². The number of rotatable bonds is 5. The van der Waals surface area contributed by atoms with E-state index in [0.717, 1.165) is 11.1 Å². The number of aryl methyl sites for hydroxylation is 2. The van der Waals surface area contributed by atoms with E-state index in [2.05, 4.69) is 10.6 Å². The van der Waals surface area contributed by atoms with Gasteiger partial charge < -0.3 is 19.7 Å². The molecule has 2 aromatic carbocycles. The third kappa shape index (κ3) is 6.65. The molecule has 2 amide bonds. The second-order valence-corrected chi connectivity index (χ2v) is 8.03. The van der Waals surface area contributed by atoms with Crippen molar-refractivity contribution >= 4 is 46.4 Å². The number of halogens is 1. The van der Waals surface area contributed by atoms with Crippen LogP contribution in [0.1, 0.15) is 21.5 Å². The van der Waals surface area contributed by atoms with Crippen LogP contribution in [0.5, 0.6) is 5.75 Å². The van der Waals surface area contributed by atoms with E-state index in [1.165, 1.54) is 0 Å². The molecular weight excluding hydrogens is 438 g/mol. The zero-order chi connectivity index (χ0) is 22.4. The summed E-state index contributed by atoms with van der Waals surface area (Å²) in [6.07, 6.45) is 0. The van der Waals surface area contributed by atoms with Crippen LogP contribution in [0, 0.1) is 13.8 Å². The van der Waals surface area contributed by atoms with Gasteiger partial charge in [0.25, 0.3) is 11.8 Å². The molecule has 1 aliphatic heterocycles. The minimum Gasteiger partial charge on any atom is -0.484 e. The molecule has 1 heterocycles. The van der Waals surface area contributed by atoms with Gasteiger partial charge in [0.15, 0.2) is 11.7 Å². The van der Waals surface area contributed by atoms with Crippen LogP contribution in [0.25, 0.3) is 0 Å². The number of benzene rings is 2. The van der Waals surface area contributed by atoms with Crippen molar-refractivity contribution in [1.29, 1.82) is 0 Å². The molecule has 7 nitrogen and oxygen atoms in total. The van der Waals surface area contributed by atoms with E-state index in [1.54, 1.807) is 23.1 Å². The Labute approximate surface area is 191 Å². The van der Waals surface area contributed by atoms with Crippen molar-refractivity contribution in [2.75, 3.05) is 38.2 Å². The number of nitrogens with one attached hydrogen (secondary N) is 2. The second-order valence-electron chi connectivity index (χ2n) is 7.21. The van der Waals surface area contributed by atoms with Crippen LogP contribution in [0.3, 0.4) is 0 Å². The van der Waals surface area contributed by atoms with E-state index in [4.69, 9.17) is 33.3 Å². The van der Waals surface area contributed by atoms with Crippen molar-refractivity contribution in [3.63, 3.8) is 0 Å². The maximum Gasteiger partial charge on any atom is 0.264 e. The largest absolute Gasteiger partial charge is 0.484 e. The zero-order valence-electron chi connectivity index (χ0n) is 17.4.